The number of carbonyl (C=O) groups is 2. The predicted molar refractivity (Wildman–Crippen MR) is 91.8 cm³/mol. The van der Waals surface area contributed by atoms with Gasteiger partial charge in [-0.15, -0.1) is 0 Å². The first kappa shape index (κ1) is 15.6. The molecule has 0 unspecified atom stereocenters. The van der Waals surface area contributed by atoms with Crippen LogP contribution >= 0.6 is 15.9 Å². The van der Waals surface area contributed by atoms with Crippen LogP contribution in [0.3, 0.4) is 0 Å². The van der Waals surface area contributed by atoms with E-state index in [2.05, 4.69) is 21.2 Å². The van der Waals surface area contributed by atoms with Gasteiger partial charge in [-0.1, -0.05) is 58.4 Å². The Hall–Kier alpha value is -2.24. The molecule has 0 saturated heterocycles. The van der Waals surface area contributed by atoms with Crippen LogP contribution in [-0.2, 0) is 15.2 Å². The summed E-state index contributed by atoms with van der Waals surface area (Å²) in [5.41, 5.74) is -0.0449. The molecule has 2 aromatic carbocycles. The summed E-state index contributed by atoms with van der Waals surface area (Å²) in [6, 6.07) is 14.5. The van der Waals surface area contributed by atoms with Crippen LogP contribution in [0.2, 0.25) is 0 Å². The molecule has 0 spiro atoms. The number of nitrogens with one attached hydrogen (secondary N) is 1. The van der Waals surface area contributed by atoms with Crippen molar-refractivity contribution in [3.05, 3.63) is 70.2 Å². The molecule has 1 atom stereocenters. The first-order valence-corrected chi connectivity index (χ1v) is 7.89. The monoisotopic (exact) mass is 371 g/mol. The van der Waals surface area contributed by atoms with Gasteiger partial charge in [-0.05, 0) is 23.8 Å². The topological polar surface area (TPSA) is 66.4 Å². The molecule has 1 aliphatic heterocycles. The van der Waals surface area contributed by atoms with Crippen molar-refractivity contribution < 1.29 is 14.7 Å². The maximum absolute atomic E-state index is 12.2. The van der Waals surface area contributed by atoms with Gasteiger partial charge in [0.15, 0.2) is 11.4 Å². The number of fused-ring (bicyclic) bond motifs is 1. The zero-order chi connectivity index (χ0) is 16.4. The maximum atomic E-state index is 12.2. The summed E-state index contributed by atoms with van der Waals surface area (Å²) >= 11 is 3.33. The highest BCUT2D eigenvalue weighted by molar-refractivity contribution is 9.10. The van der Waals surface area contributed by atoms with Crippen molar-refractivity contribution in [2.24, 2.45) is 0 Å². The molecule has 1 heterocycles. The third-order valence-corrected chi connectivity index (χ3v) is 4.40. The van der Waals surface area contributed by atoms with Gasteiger partial charge in [0, 0.05) is 15.7 Å². The van der Waals surface area contributed by atoms with Gasteiger partial charge < -0.3 is 10.4 Å². The average molecular weight is 372 g/mol. The number of amides is 1. The maximum Gasteiger partial charge on any atom is 0.261 e. The van der Waals surface area contributed by atoms with E-state index in [-0.39, 0.29) is 12.2 Å². The SMILES string of the molecule is O=C(/C=C/c1ccccc1)C[C@]1(O)C(=O)Nc2cccc(Br)c21. The Morgan fingerprint density at radius 3 is 2.65 bits per heavy atom. The minimum Gasteiger partial charge on any atom is -0.375 e. The van der Waals surface area contributed by atoms with Gasteiger partial charge >= 0.3 is 0 Å². The summed E-state index contributed by atoms with van der Waals surface area (Å²) in [5.74, 6) is -0.907. The summed E-state index contributed by atoms with van der Waals surface area (Å²) < 4.78 is 0.593. The van der Waals surface area contributed by atoms with Crippen LogP contribution in [0.4, 0.5) is 5.69 Å². The van der Waals surface area contributed by atoms with Crippen LogP contribution < -0.4 is 5.32 Å². The van der Waals surface area contributed by atoms with Crippen LogP contribution in [-0.4, -0.2) is 16.8 Å². The molecule has 1 aliphatic rings. The molecule has 3 rings (SSSR count). The van der Waals surface area contributed by atoms with Crippen LogP contribution in [0.15, 0.2) is 59.1 Å². The molecule has 5 heteroatoms. The Morgan fingerprint density at radius 1 is 1.17 bits per heavy atom. The summed E-state index contributed by atoms with van der Waals surface area (Å²) in [6.45, 7) is 0. The molecule has 1 amide bonds. The standard InChI is InChI=1S/C18H14BrNO3/c19-14-7-4-8-15-16(14)18(23,17(22)20-15)11-13(21)10-9-12-5-2-1-3-6-12/h1-10,23H,11H2,(H,20,22)/b10-9+/t18-/m1/s1. The van der Waals surface area contributed by atoms with Crippen LogP contribution in [0.5, 0.6) is 0 Å². The highest BCUT2D eigenvalue weighted by atomic mass is 79.9. The second-order valence-electron chi connectivity index (χ2n) is 5.36. The first-order chi connectivity index (χ1) is 11.0. The van der Waals surface area contributed by atoms with E-state index in [1.165, 1.54) is 6.08 Å². The Bertz CT molecular complexity index is 801. The van der Waals surface area contributed by atoms with Crippen molar-refractivity contribution in [1.29, 1.82) is 0 Å². The summed E-state index contributed by atoms with van der Waals surface area (Å²) in [7, 11) is 0. The molecule has 0 fully saturated rings. The lowest BCUT2D eigenvalue weighted by atomic mass is 9.89. The highest BCUT2D eigenvalue weighted by Gasteiger charge is 2.47. The Labute approximate surface area is 142 Å². The van der Waals surface area contributed by atoms with Gasteiger partial charge in [0.2, 0.25) is 0 Å². The normalized spacial score (nSPS) is 19.7. The number of carbonyl (C=O) groups excluding carboxylic acids is 2. The smallest absolute Gasteiger partial charge is 0.261 e. The molecule has 0 radical (unpaired) electrons. The van der Waals surface area contributed by atoms with E-state index in [9.17, 15) is 14.7 Å². The van der Waals surface area contributed by atoms with E-state index in [1.54, 1.807) is 24.3 Å². The number of halogens is 1. The number of hydrogen-bond donors (Lipinski definition) is 2. The molecule has 0 bridgehead atoms. The van der Waals surface area contributed by atoms with Crippen molar-refractivity contribution in [2.75, 3.05) is 5.32 Å². The van der Waals surface area contributed by atoms with E-state index in [1.807, 2.05) is 30.3 Å². The van der Waals surface area contributed by atoms with Crippen molar-refractivity contribution in [1.82, 2.24) is 0 Å². The third kappa shape index (κ3) is 2.98. The summed E-state index contributed by atoms with van der Waals surface area (Å²) in [6.07, 6.45) is 2.74. The average Bonchev–Trinajstić information content (AvgIpc) is 2.78. The molecule has 23 heavy (non-hydrogen) atoms. The highest BCUT2D eigenvalue weighted by Crippen LogP contribution is 2.42. The van der Waals surface area contributed by atoms with Gasteiger partial charge in [0.1, 0.15) is 0 Å². The van der Waals surface area contributed by atoms with Crippen molar-refractivity contribution in [2.45, 2.75) is 12.0 Å². The minimum absolute atomic E-state index is 0.308. The largest absolute Gasteiger partial charge is 0.375 e. The lowest BCUT2D eigenvalue weighted by molar-refractivity contribution is -0.138. The van der Waals surface area contributed by atoms with Gasteiger partial charge in [0.05, 0.1) is 6.42 Å². The lowest BCUT2D eigenvalue weighted by Crippen LogP contribution is -2.36. The second-order valence-corrected chi connectivity index (χ2v) is 6.22. The third-order valence-electron chi connectivity index (χ3n) is 3.74. The Morgan fingerprint density at radius 2 is 1.91 bits per heavy atom. The van der Waals surface area contributed by atoms with Crippen LogP contribution in [0.25, 0.3) is 6.08 Å². The predicted octanol–water partition coefficient (Wildman–Crippen LogP) is 3.26. The van der Waals surface area contributed by atoms with Crippen LogP contribution in [0, 0.1) is 0 Å². The van der Waals surface area contributed by atoms with E-state index in [0.29, 0.717) is 15.7 Å². The number of anilines is 1. The van der Waals surface area contributed by atoms with Gasteiger partial charge in [-0.2, -0.15) is 0 Å². The lowest BCUT2D eigenvalue weighted by Gasteiger charge is -2.20. The molecule has 0 aromatic heterocycles. The fraction of sp³-hybridized carbons (Fsp3) is 0.111. The van der Waals surface area contributed by atoms with Gasteiger partial charge in [0.25, 0.3) is 5.91 Å². The molecule has 116 valence electrons. The number of hydrogen-bond acceptors (Lipinski definition) is 3. The molecule has 2 aromatic rings. The molecule has 0 aliphatic carbocycles. The zero-order valence-electron chi connectivity index (χ0n) is 12.1. The number of benzene rings is 2. The number of ketones is 1. The van der Waals surface area contributed by atoms with Crippen molar-refractivity contribution in [3.63, 3.8) is 0 Å². The van der Waals surface area contributed by atoms with E-state index < -0.39 is 11.5 Å². The van der Waals surface area contributed by atoms with Gasteiger partial charge in [-0.25, -0.2) is 0 Å². The summed E-state index contributed by atoms with van der Waals surface area (Å²) in [4.78, 5) is 24.4. The number of rotatable bonds is 4. The second kappa shape index (κ2) is 6.10. The van der Waals surface area contributed by atoms with Crippen molar-refractivity contribution >= 4 is 39.4 Å². The first-order valence-electron chi connectivity index (χ1n) is 7.09. The molecular formula is C18H14BrNO3. The van der Waals surface area contributed by atoms with Crippen LogP contribution in [0.1, 0.15) is 17.5 Å². The van der Waals surface area contributed by atoms with E-state index in [0.717, 1.165) is 5.56 Å². The fourth-order valence-electron chi connectivity index (χ4n) is 2.62. The zero-order valence-corrected chi connectivity index (χ0v) is 13.7. The molecular weight excluding hydrogens is 358 g/mol. The molecule has 4 nitrogen and oxygen atoms in total. The molecule has 0 saturated carbocycles. The Balaban J connectivity index is 1.84. The fourth-order valence-corrected chi connectivity index (χ4v) is 3.32. The number of aliphatic hydroxyl groups is 1. The number of allylic oxidation sites excluding steroid dienone is 1. The van der Waals surface area contributed by atoms with Gasteiger partial charge in [-0.3, -0.25) is 9.59 Å². The Kier molecular flexibility index (Phi) is 4.15. The minimum atomic E-state index is -1.85. The van der Waals surface area contributed by atoms with E-state index >= 15 is 0 Å². The summed E-state index contributed by atoms with van der Waals surface area (Å²) in [5, 5.41) is 13.4. The van der Waals surface area contributed by atoms with Crippen molar-refractivity contribution in [3.8, 4) is 0 Å². The van der Waals surface area contributed by atoms with E-state index in [4.69, 9.17) is 0 Å². The quantitative estimate of drug-likeness (QED) is 0.810. The molecule has 2 N–H and O–H groups in total.